The second-order valence-electron chi connectivity index (χ2n) is 5.53. The lowest BCUT2D eigenvalue weighted by Crippen LogP contribution is -2.49. The Labute approximate surface area is 121 Å². The van der Waals surface area contributed by atoms with Crippen LogP contribution in [0.1, 0.15) is 33.1 Å². The highest BCUT2D eigenvalue weighted by Crippen LogP contribution is 2.13. The number of nitrogens with one attached hydrogen (secondary N) is 1. The van der Waals surface area contributed by atoms with Crippen molar-refractivity contribution in [1.29, 1.82) is 0 Å². The maximum Gasteiger partial charge on any atom is 0.220 e. The first kappa shape index (κ1) is 16.7. The summed E-state index contributed by atoms with van der Waals surface area (Å²) in [6, 6.07) is 0.420. The SMILES string of the molecule is CC(C)CC(CNC(=O)CCCCl)N1CCOCC1. The Kier molecular flexibility index (Phi) is 8.42. The number of halogens is 1. The van der Waals surface area contributed by atoms with Crippen molar-refractivity contribution in [2.24, 2.45) is 5.92 Å². The van der Waals surface area contributed by atoms with Crippen LogP contribution in [0, 0.1) is 5.92 Å². The van der Waals surface area contributed by atoms with Crippen LogP contribution in [0.25, 0.3) is 0 Å². The summed E-state index contributed by atoms with van der Waals surface area (Å²) < 4.78 is 5.39. The lowest BCUT2D eigenvalue weighted by atomic mass is 10.0. The molecule has 0 bridgehead atoms. The Morgan fingerprint density at radius 1 is 1.37 bits per heavy atom. The van der Waals surface area contributed by atoms with Gasteiger partial charge in [-0.25, -0.2) is 0 Å². The minimum absolute atomic E-state index is 0.114. The average Bonchev–Trinajstić information content (AvgIpc) is 2.41. The highest BCUT2D eigenvalue weighted by atomic mass is 35.5. The maximum atomic E-state index is 11.7. The van der Waals surface area contributed by atoms with E-state index < -0.39 is 0 Å². The molecule has 1 heterocycles. The monoisotopic (exact) mass is 290 g/mol. The fourth-order valence-corrected chi connectivity index (χ4v) is 2.53. The molecule has 0 aliphatic carbocycles. The quantitative estimate of drug-likeness (QED) is 0.694. The number of rotatable bonds is 8. The molecule has 1 saturated heterocycles. The predicted octanol–water partition coefficient (Wildman–Crippen LogP) is 1.87. The number of alkyl halides is 1. The third kappa shape index (κ3) is 7.14. The fraction of sp³-hybridized carbons (Fsp3) is 0.929. The van der Waals surface area contributed by atoms with Crippen molar-refractivity contribution in [2.45, 2.75) is 39.2 Å². The number of amides is 1. The lowest BCUT2D eigenvalue weighted by Gasteiger charge is -2.35. The molecule has 0 saturated carbocycles. The zero-order valence-corrected chi connectivity index (χ0v) is 12.9. The number of carbonyl (C=O) groups is 1. The first-order valence-corrected chi connectivity index (χ1v) is 7.81. The molecule has 19 heavy (non-hydrogen) atoms. The Balaban J connectivity index is 2.37. The van der Waals surface area contributed by atoms with Crippen LogP contribution in [0.2, 0.25) is 0 Å². The Morgan fingerprint density at radius 2 is 2.05 bits per heavy atom. The molecule has 1 aliphatic rings. The maximum absolute atomic E-state index is 11.7. The van der Waals surface area contributed by atoms with Gasteiger partial charge >= 0.3 is 0 Å². The zero-order chi connectivity index (χ0) is 14.1. The van der Waals surface area contributed by atoms with Crippen LogP contribution in [0.4, 0.5) is 0 Å². The van der Waals surface area contributed by atoms with Crippen molar-refractivity contribution >= 4 is 17.5 Å². The molecule has 1 aliphatic heterocycles. The van der Waals surface area contributed by atoms with Gasteiger partial charge in [0.25, 0.3) is 0 Å². The number of carbonyl (C=O) groups excluding carboxylic acids is 1. The van der Waals surface area contributed by atoms with Gasteiger partial charge in [-0.05, 0) is 18.8 Å². The summed E-state index contributed by atoms with van der Waals surface area (Å²) in [6.45, 7) is 8.72. The third-order valence-corrected chi connectivity index (χ3v) is 3.65. The van der Waals surface area contributed by atoms with Gasteiger partial charge in [-0.15, -0.1) is 11.6 Å². The minimum Gasteiger partial charge on any atom is -0.379 e. The smallest absolute Gasteiger partial charge is 0.220 e. The van der Waals surface area contributed by atoms with Crippen LogP contribution in [0.3, 0.4) is 0 Å². The summed E-state index contributed by atoms with van der Waals surface area (Å²) in [4.78, 5) is 14.1. The summed E-state index contributed by atoms with van der Waals surface area (Å²) in [7, 11) is 0. The standard InChI is InChI=1S/C14H27ClN2O2/c1-12(2)10-13(17-6-8-19-9-7-17)11-16-14(18)4-3-5-15/h12-13H,3-11H2,1-2H3,(H,16,18). The topological polar surface area (TPSA) is 41.6 Å². The van der Waals surface area contributed by atoms with Gasteiger partial charge in [0, 0.05) is 38.0 Å². The predicted molar refractivity (Wildman–Crippen MR) is 78.6 cm³/mol. The van der Waals surface area contributed by atoms with E-state index in [4.69, 9.17) is 16.3 Å². The van der Waals surface area contributed by atoms with Crippen LogP contribution >= 0.6 is 11.6 Å². The third-order valence-electron chi connectivity index (χ3n) is 3.38. The summed E-state index contributed by atoms with van der Waals surface area (Å²) in [5.74, 6) is 1.29. The molecule has 5 heteroatoms. The number of nitrogens with zero attached hydrogens (tertiary/aromatic N) is 1. The normalized spacial score (nSPS) is 18.5. The van der Waals surface area contributed by atoms with Crippen LogP contribution < -0.4 is 5.32 Å². The summed E-state index contributed by atoms with van der Waals surface area (Å²) in [5, 5.41) is 3.04. The highest BCUT2D eigenvalue weighted by Gasteiger charge is 2.22. The van der Waals surface area contributed by atoms with Gasteiger partial charge in [0.15, 0.2) is 0 Å². The Hall–Kier alpha value is -0.320. The molecule has 1 atom stereocenters. The van der Waals surface area contributed by atoms with E-state index in [0.29, 0.717) is 24.3 Å². The molecular weight excluding hydrogens is 264 g/mol. The average molecular weight is 291 g/mol. The summed E-state index contributed by atoms with van der Waals surface area (Å²) in [6.07, 6.45) is 2.39. The van der Waals surface area contributed by atoms with E-state index >= 15 is 0 Å². The van der Waals surface area contributed by atoms with E-state index in [1.54, 1.807) is 0 Å². The molecule has 0 aromatic heterocycles. The number of ether oxygens (including phenoxy) is 1. The second kappa shape index (κ2) is 9.56. The van der Waals surface area contributed by atoms with E-state index in [-0.39, 0.29) is 5.91 Å². The van der Waals surface area contributed by atoms with Crippen LogP contribution in [0.5, 0.6) is 0 Å². The fourth-order valence-electron chi connectivity index (χ4n) is 2.40. The van der Waals surface area contributed by atoms with Gasteiger partial charge in [-0.2, -0.15) is 0 Å². The van der Waals surface area contributed by atoms with Crippen molar-refractivity contribution < 1.29 is 9.53 Å². The van der Waals surface area contributed by atoms with Crippen LogP contribution in [-0.2, 0) is 9.53 Å². The van der Waals surface area contributed by atoms with Crippen molar-refractivity contribution in [1.82, 2.24) is 10.2 Å². The van der Waals surface area contributed by atoms with Crippen molar-refractivity contribution in [2.75, 3.05) is 38.7 Å². The molecule has 0 aromatic rings. The Bertz CT molecular complexity index is 256. The van der Waals surface area contributed by atoms with Gasteiger partial charge in [0.1, 0.15) is 0 Å². The second-order valence-corrected chi connectivity index (χ2v) is 5.91. The van der Waals surface area contributed by atoms with Crippen molar-refractivity contribution in [3.63, 3.8) is 0 Å². The lowest BCUT2D eigenvalue weighted by molar-refractivity contribution is -0.121. The first-order valence-electron chi connectivity index (χ1n) is 7.28. The van der Waals surface area contributed by atoms with Gasteiger partial charge in [0.2, 0.25) is 5.91 Å². The van der Waals surface area contributed by atoms with Gasteiger partial charge in [-0.3, -0.25) is 9.69 Å². The minimum atomic E-state index is 0.114. The Morgan fingerprint density at radius 3 is 2.63 bits per heavy atom. The zero-order valence-electron chi connectivity index (χ0n) is 12.2. The largest absolute Gasteiger partial charge is 0.379 e. The number of morpholine rings is 1. The molecule has 1 amide bonds. The molecule has 0 spiro atoms. The molecule has 112 valence electrons. The molecule has 1 rings (SSSR count). The molecule has 4 nitrogen and oxygen atoms in total. The van der Waals surface area contributed by atoms with E-state index in [2.05, 4.69) is 24.1 Å². The van der Waals surface area contributed by atoms with Gasteiger partial charge in [0.05, 0.1) is 13.2 Å². The van der Waals surface area contributed by atoms with E-state index in [0.717, 1.165) is 45.7 Å². The van der Waals surface area contributed by atoms with Crippen molar-refractivity contribution in [3.8, 4) is 0 Å². The number of hydrogen-bond donors (Lipinski definition) is 1. The van der Waals surface area contributed by atoms with Crippen LogP contribution in [-0.4, -0.2) is 55.6 Å². The molecule has 1 fully saturated rings. The van der Waals surface area contributed by atoms with E-state index in [1.807, 2.05) is 0 Å². The first-order chi connectivity index (χ1) is 9.13. The van der Waals surface area contributed by atoms with Crippen molar-refractivity contribution in [3.05, 3.63) is 0 Å². The van der Waals surface area contributed by atoms with E-state index in [9.17, 15) is 4.79 Å². The van der Waals surface area contributed by atoms with E-state index in [1.165, 1.54) is 0 Å². The highest BCUT2D eigenvalue weighted by molar-refractivity contribution is 6.17. The van der Waals surface area contributed by atoms with Crippen LogP contribution in [0.15, 0.2) is 0 Å². The molecule has 0 aromatic carbocycles. The number of hydrogen-bond acceptors (Lipinski definition) is 3. The van der Waals surface area contributed by atoms with Gasteiger partial charge in [-0.1, -0.05) is 13.8 Å². The summed E-state index contributed by atoms with van der Waals surface area (Å²) >= 11 is 5.60. The summed E-state index contributed by atoms with van der Waals surface area (Å²) in [5.41, 5.74) is 0. The molecular formula is C14H27ClN2O2. The molecule has 1 N–H and O–H groups in total. The molecule has 0 radical (unpaired) electrons. The van der Waals surface area contributed by atoms with Gasteiger partial charge < -0.3 is 10.1 Å². The molecule has 1 unspecified atom stereocenters.